The monoisotopic (exact) mass is 349 g/mol. The van der Waals surface area contributed by atoms with Crippen molar-refractivity contribution < 1.29 is 9.26 Å². The maximum Gasteiger partial charge on any atom is 0.268 e. The fourth-order valence-electron chi connectivity index (χ4n) is 3.94. The van der Waals surface area contributed by atoms with Gasteiger partial charge < -0.3 is 14.2 Å². The number of ether oxygens (including phenoxy) is 1. The van der Waals surface area contributed by atoms with Gasteiger partial charge in [0.05, 0.1) is 5.56 Å². The molecule has 1 aliphatic heterocycles. The first-order valence-corrected chi connectivity index (χ1v) is 9.03. The second-order valence-electron chi connectivity index (χ2n) is 7.12. The van der Waals surface area contributed by atoms with Crippen molar-refractivity contribution in [2.24, 2.45) is 0 Å². The lowest BCUT2D eigenvalue weighted by atomic mass is 9.87. The Morgan fingerprint density at radius 2 is 2.12 bits per heavy atom. The van der Waals surface area contributed by atoms with Crippen LogP contribution in [0.5, 0.6) is 5.75 Å². The van der Waals surface area contributed by atoms with Crippen LogP contribution in [-0.2, 0) is 12.8 Å². The molecule has 0 saturated heterocycles. The van der Waals surface area contributed by atoms with Gasteiger partial charge in [0, 0.05) is 12.1 Å². The van der Waals surface area contributed by atoms with Gasteiger partial charge in [-0.2, -0.15) is 4.98 Å². The van der Waals surface area contributed by atoms with Gasteiger partial charge in [-0.05, 0) is 48.4 Å². The van der Waals surface area contributed by atoms with Crippen molar-refractivity contribution >= 4 is 0 Å². The number of fused-ring (bicyclic) bond motifs is 2. The van der Waals surface area contributed by atoms with Crippen LogP contribution in [0.4, 0.5) is 0 Å². The topological polar surface area (TPSA) is 81.0 Å². The van der Waals surface area contributed by atoms with Gasteiger partial charge >= 0.3 is 0 Å². The molecule has 132 valence electrons. The third kappa shape index (κ3) is 2.44. The highest BCUT2D eigenvalue weighted by molar-refractivity contribution is 5.55. The van der Waals surface area contributed by atoms with Gasteiger partial charge in [-0.15, -0.1) is 0 Å². The van der Waals surface area contributed by atoms with Crippen molar-refractivity contribution in [2.75, 3.05) is 0 Å². The van der Waals surface area contributed by atoms with Crippen LogP contribution < -0.4 is 10.3 Å². The van der Waals surface area contributed by atoms with Crippen molar-refractivity contribution in [3.05, 3.63) is 63.4 Å². The molecule has 1 aliphatic carbocycles. The van der Waals surface area contributed by atoms with Crippen LogP contribution in [0.15, 0.2) is 39.6 Å². The van der Waals surface area contributed by atoms with Crippen LogP contribution in [0.1, 0.15) is 54.5 Å². The molecule has 2 aliphatic rings. The van der Waals surface area contributed by atoms with Crippen molar-refractivity contribution in [3.8, 4) is 17.1 Å². The quantitative estimate of drug-likeness (QED) is 0.765. The fourth-order valence-corrected chi connectivity index (χ4v) is 3.94. The summed E-state index contributed by atoms with van der Waals surface area (Å²) in [5.74, 6) is 1.95. The molecule has 0 bridgehead atoms. The van der Waals surface area contributed by atoms with Gasteiger partial charge in [0.15, 0.2) is 6.10 Å². The lowest BCUT2D eigenvalue weighted by Crippen LogP contribution is -2.19. The van der Waals surface area contributed by atoms with E-state index in [0.29, 0.717) is 29.6 Å². The fraction of sp³-hybridized carbons (Fsp3) is 0.350. The molecule has 0 amide bonds. The van der Waals surface area contributed by atoms with Gasteiger partial charge in [0.1, 0.15) is 5.75 Å². The molecular weight excluding hydrogens is 330 g/mol. The van der Waals surface area contributed by atoms with E-state index in [1.807, 2.05) is 30.3 Å². The van der Waals surface area contributed by atoms with Crippen LogP contribution in [0.25, 0.3) is 11.4 Å². The Labute approximate surface area is 150 Å². The summed E-state index contributed by atoms with van der Waals surface area (Å²) in [6, 6.07) is 9.80. The Morgan fingerprint density at radius 3 is 3.00 bits per heavy atom. The molecule has 3 heterocycles. The van der Waals surface area contributed by atoms with Crippen molar-refractivity contribution in [1.82, 2.24) is 15.1 Å². The summed E-state index contributed by atoms with van der Waals surface area (Å²) < 4.78 is 11.3. The highest BCUT2D eigenvalue weighted by atomic mass is 16.5. The van der Waals surface area contributed by atoms with Gasteiger partial charge in [-0.3, -0.25) is 4.79 Å². The molecular formula is C20H19N3O3. The zero-order valence-corrected chi connectivity index (χ0v) is 14.5. The van der Waals surface area contributed by atoms with Crippen molar-refractivity contribution in [1.29, 1.82) is 0 Å². The number of aromatic amines is 1. The van der Waals surface area contributed by atoms with Crippen LogP contribution in [0.2, 0.25) is 0 Å². The predicted octanol–water partition coefficient (Wildman–Crippen LogP) is 3.54. The smallest absolute Gasteiger partial charge is 0.268 e. The molecule has 6 heteroatoms. The normalized spacial score (nSPS) is 21.1. The first-order chi connectivity index (χ1) is 12.7. The zero-order valence-electron chi connectivity index (χ0n) is 14.5. The Morgan fingerprint density at radius 1 is 1.23 bits per heavy atom. The summed E-state index contributed by atoms with van der Waals surface area (Å²) in [4.78, 5) is 20.0. The number of H-pyrrole nitrogens is 1. The molecule has 1 N–H and O–H groups in total. The average Bonchev–Trinajstić information content (AvgIpc) is 3.29. The highest BCUT2D eigenvalue weighted by Gasteiger charge is 2.29. The molecule has 2 aromatic heterocycles. The van der Waals surface area contributed by atoms with E-state index < -0.39 is 0 Å². The minimum absolute atomic E-state index is 0.166. The highest BCUT2D eigenvalue weighted by Crippen LogP contribution is 2.36. The molecule has 0 spiro atoms. The maximum atomic E-state index is 12.5. The number of nitrogens with one attached hydrogen (secondary N) is 1. The molecule has 0 saturated carbocycles. The second-order valence-corrected chi connectivity index (χ2v) is 7.12. The van der Waals surface area contributed by atoms with Gasteiger partial charge in [0.25, 0.3) is 11.4 Å². The number of aryl methyl sites for hydroxylation is 1. The van der Waals surface area contributed by atoms with Crippen LogP contribution in [0.3, 0.4) is 0 Å². The summed E-state index contributed by atoms with van der Waals surface area (Å²) in [5, 5.41) is 4.04. The van der Waals surface area contributed by atoms with E-state index in [1.165, 1.54) is 5.56 Å². The molecule has 5 rings (SSSR count). The van der Waals surface area contributed by atoms with Crippen LogP contribution >= 0.6 is 0 Å². The van der Waals surface area contributed by atoms with Gasteiger partial charge in [-0.25, -0.2) is 0 Å². The minimum Gasteiger partial charge on any atom is -0.480 e. The molecule has 26 heavy (non-hydrogen) atoms. The maximum absolute atomic E-state index is 12.5. The largest absolute Gasteiger partial charge is 0.480 e. The van der Waals surface area contributed by atoms with Crippen LogP contribution in [-0.4, -0.2) is 15.1 Å². The molecule has 0 fully saturated rings. The van der Waals surface area contributed by atoms with E-state index in [2.05, 4.69) is 22.0 Å². The average molecular weight is 349 g/mol. The third-order valence-corrected chi connectivity index (χ3v) is 5.34. The summed E-state index contributed by atoms with van der Waals surface area (Å²) in [6.07, 6.45) is 3.59. The number of aromatic nitrogens is 3. The lowest BCUT2D eigenvalue weighted by molar-refractivity contribution is 0.183. The number of pyridine rings is 1. The number of hydrogen-bond acceptors (Lipinski definition) is 5. The Bertz CT molecular complexity index is 1010. The number of rotatable bonds is 2. The van der Waals surface area contributed by atoms with Crippen molar-refractivity contribution in [3.63, 3.8) is 0 Å². The number of nitrogens with zero attached hydrogens (tertiary/aromatic N) is 2. The summed E-state index contributed by atoms with van der Waals surface area (Å²) in [6.45, 7) is 2.15. The minimum atomic E-state index is -0.301. The van der Waals surface area contributed by atoms with Crippen molar-refractivity contribution in [2.45, 2.75) is 44.6 Å². The summed E-state index contributed by atoms with van der Waals surface area (Å²) in [5.41, 5.74) is 3.64. The molecule has 1 aromatic carbocycles. The molecule has 0 radical (unpaired) electrons. The molecule has 3 aromatic rings. The van der Waals surface area contributed by atoms with Gasteiger partial charge in [-0.1, -0.05) is 30.3 Å². The number of benzene rings is 1. The Hall–Kier alpha value is -2.89. The standard InChI is InChI=1S/C20H19N3O3/c1-11-5-4-7-13-9-14(19(24)21-17(11)13)18-22-20(26-23-18)16-10-12-6-2-3-8-15(12)25-16/h2-3,6,8-9,11,16H,4-5,7,10H2,1H3,(H,21,24). The Balaban J connectivity index is 1.47. The number of hydrogen-bond donors (Lipinski definition) is 1. The zero-order chi connectivity index (χ0) is 17.7. The third-order valence-electron chi connectivity index (χ3n) is 5.34. The van der Waals surface area contributed by atoms with Gasteiger partial charge in [0.2, 0.25) is 5.82 Å². The Kier molecular flexibility index (Phi) is 3.45. The molecule has 6 nitrogen and oxygen atoms in total. The lowest BCUT2D eigenvalue weighted by Gasteiger charge is -2.21. The van der Waals surface area contributed by atoms with E-state index in [4.69, 9.17) is 9.26 Å². The predicted molar refractivity (Wildman–Crippen MR) is 95.2 cm³/mol. The SMILES string of the molecule is CC1CCCc2cc(-c3noc(C4Cc5ccccc5O4)n3)c(=O)[nH]c21. The molecule has 2 atom stereocenters. The van der Waals surface area contributed by atoms with E-state index in [-0.39, 0.29) is 11.7 Å². The summed E-state index contributed by atoms with van der Waals surface area (Å²) in [7, 11) is 0. The number of para-hydroxylation sites is 1. The van der Waals surface area contributed by atoms with Crippen LogP contribution in [0, 0.1) is 0 Å². The van der Waals surface area contributed by atoms with E-state index in [1.54, 1.807) is 0 Å². The summed E-state index contributed by atoms with van der Waals surface area (Å²) >= 11 is 0. The first-order valence-electron chi connectivity index (χ1n) is 9.03. The molecule has 2 unspecified atom stereocenters. The van der Waals surface area contributed by atoms with E-state index in [0.717, 1.165) is 36.3 Å². The van der Waals surface area contributed by atoms with E-state index in [9.17, 15) is 4.79 Å². The second kappa shape index (κ2) is 5.83. The van der Waals surface area contributed by atoms with E-state index >= 15 is 0 Å². The first kappa shape index (κ1) is 15.4.